The van der Waals surface area contributed by atoms with Crippen molar-refractivity contribution in [3.05, 3.63) is 24.3 Å². The minimum Gasteiger partial charge on any atom is -0.399 e. The first kappa shape index (κ1) is 10.3. The van der Waals surface area contributed by atoms with Gasteiger partial charge in [-0.25, -0.2) is 0 Å². The van der Waals surface area contributed by atoms with Gasteiger partial charge in [-0.3, -0.25) is 4.79 Å². The molecule has 76 valence electrons. The lowest BCUT2D eigenvalue weighted by atomic mass is 10.2. The first-order valence-corrected chi connectivity index (χ1v) is 4.16. The minimum atomic E-state index is -1.18. The average molecular weight is 195 g/mol. The summed E-state index contributed by atoms with van der Waals surface area (Å²) in [5, 5.41) is 11.9. The molecule has 0 bridgehead atoms. The molecule has 5 nitrogen and oxygen atoms in total. The second-order valence-electron chi connectivity index (χ2n) is 2.92. The minimum absolute atomic E-state index is 0.0821. The van der Waals surface area contributed by atoms with Crippen LogP contribution in [0.25, 0.3) is 0 Å². The molecule has 1 atom stereocenters. The van der Waals surface area contributed by atoms with Gasteiger partial charge in [0.1, 0.15) is 6.10 Å². The van der Waals surface area contributed by atoms with Gasteiger partial charge in [-0.1, -0.05) is 6.07 Å². The Kier molecular flexibility index (Phi) is 3.30. The Bertz CT molecular complexity index is 328. The summed E-state index contributed by atoms with van der Waals surface area (Å²) in [6.45, 7) is 0.0821. The number of hydrogen-bond donors (Lipinski definition) is 4. The number of nitrogen functional groups attached to an aromatic ring is 1. The van der Waals surface area contributed by atoms with Crippen molar-refractivity contribution >= 4 is 17.3 Å². The number of hydrogen-bond acceptors (Lipinski definition) is 4. The number of aliphatic hydroxyl groups is 1. The Morgan fingerprint density at radius 2 is 2.29 bits per heavy atom. The SMILES string of the molecule is NC(=O)C(O)CNc1cccc(N)c1. The maximum Gasteiger partial charge on any atom is 0.248 e. The third kappa shape index (κ3) is 2.95. The van der Waals surface area contributed by atoms with Gasteiger partial charge >= 0.3 is 0 Å². The summed E-state index contributed by atoms with van der Waals surface area (Å²) in [5.74, 6) is -0.749. The molecule has 0 aromatic heterocycles. The van der Waals surface area contributed by atoms with Crippen molar-refractivity contribution in [2.24, 2.45) is 5.73 Å². The van der Waals surface area contributed by atoms with Crippen LogP contribution in [-0.2, 0) is 4.79 Å². The highest BCUT2D eigenvalue weighted by molar-refractivity contribution is 5.79. The van der Waals surface area contributed by atoms with E-state index in [-0.39, 0.29) is 6.54 Å². The lowest BCUT2D eigenvalue weighted by Crippen LogP contribution is -2.34. The van der Waals surface area contributed by atoms with Crippen molar-refractivity contribution in [3.63, 3.8) is 0 Å². The van der Waals surface area contributed by atoms with Gasteiger partial charge in [-0.05, 0) is 18.2 Å². The molecular formula is C9H13N3O2. The topological polar surface area (TPSA) is 101 Å². The third-order valence-electron chi connectivity index (χ3n) is 1.71. The number of amides is 1. The molecule has 14 heavy (non-hydrogen) atoms. The number of aliphatic hydroxyl groups excluding tert-OH is 1. The van der Waals surface area contributed by atoms with E-state index in [0.717, 1.165) is 5.69 Å². The highest BCUT2D eigenvalue weighted by atomic mass is 16.3. The number of nitrogens with two attached hydrogens (primary N) is 2. The molecule has 1 aromatic carbocycles. The van der Waals surface area contributed by atoms with Crippen molar-refractivity contribution in [2.75, 3.05) is 17.6 Å². The monoisotopic (exact) mass is 195 g/mol. The molecule has 1 aromatic rings. The first-order valence-electron chi connectivity index (χ1n) is 4.16. The van der Waals surface area contributed by atoms with Gasteiger partial charge in [0.25, 0.3) is 0 Å². The van der Waals surface area contributed by atoms with Crippen molar-refractivity contribution < 1.29 is 9.90 Å². The summed E-state index contributed by atoms with van der Waals surface area (Å²) in [4.78, 5) is 10.5. The lowest BCUT2D eigenvalue weighted by molar-refractivity contribution is -0.125. The Morgan fingerprint density at radius 3 is 2.86 bits per heavy atom. The van der Waals surface area contributed by atoms with Gasteiger partial charge in [0, 0.05) is 17.9 Å². The number of benzene rings is 1. The van der Waals surface area contributed by atoms with E-state index in [1.165, 1.54) is 0 Å². The quantitative estimate of drug-likeness (QED) is 0.488. The molecule has 1 rings (SSSR count). The van der Waals surface area contributed by atoms with Gasteiger partial charge in [0.2, 0.25) is 5.91 Å². The third-order valence-corrected chi connectivity index (χ3v) is 1.71. The summed E-state index contributed by atoms with van der Waals surface area (Å²) in [6, 6.07) is 7.00. The Hall–Kier alpha value is -1.75. The Balaban J connectivity index is 2.49. The molecule has 5 heteroatoms. The predicted octanol–water partition coefficient (Wildman–Crippen LogP) is -0.473. The number of primary amides is 1. The zero-order chi connectivity index (χ0) is 10.6. The van der Waals surface area contributed by atoms with E-state index in [1.807, 2.05) is 0 Å². The number of rotatable bonds is 4. The smallest absolute Gasteiger partial charge is 0.248 e. The second-order valence-corrected chi connectivity index (χ2v) is 2.92. The number of carbonyl (C=O) groups is 1. The zero-order valence-corrected chi connectivity index (χ0v) is 7.60. The van der Waals surface area contributed by atoms with Gasteiger partial charge in [0.05, 0.1) is 0 Å². The maximum atomic E-state index is 10.5. The first-order chi connectivity index (χ1) is 6.59. The molecule has 0 aliphatic rings. The van der Waals surface area contributed by atoms with Crippen LogP contribution in [0, 0.1) is 0 Å². The van der Waals surface area contributed by atoms with Crippen LogP contribution in [0.1, 0.15) is 0 Å². The molecular weight excluding hydrogens is 182 g/mol. The van der Waals surface area contributed by atoms with E-state index in [1.54, 1.807) is 24.3 Å². The molecule has 0 heterocycles. The highest BCUT2D eigenvalue weighted by Crippen LogP contribution is 2.11. The maximum absolute atomic E-state index is 10.5. The van der Waals surface area contributed by atoms with Crippen LogP contribution in [0.5, 0.6) is 0 Å². The van der Waals surface area contributed by atoms with Crippen LogP contribution < -0.4 is 16.8 Å². The fraction of sp³-hybridized carbons (Fsp3) is 0.222. The molecule has 6 N–H and O–H groups in total. The normalized spacial score (nSPS) is 12.1. The predicted molar refractivity (Wildman–Crippen MR) is 54.5 cm³/mol. The summed E-state index contributed by atoms with van der Waals surface area (Å²) in [5.41, 5.74) is 11.8. The van der Waals surface area contributed by atoms with E-state index in [9.17, 15) is 4.79 Å². The van der Waals surface area contributed by atoms with Crippen LogP contribution in [0.3, 0.4) is 0 Å². The largest absolute Gasteiger partial charge is 0.399 e. The Morgan fingerprint density at radius 1 is 1.57 bits per heavy atom. The molecule has 0 fully saturated rings. The fourth-order valence-electron chi connectivity index (χ4n) is 0.964. The number of anilines is 2. The second kappa shape index (κ2) is 4.48. The molecule has 0 saturated carbocycles. The summed E-state index contributed by atoms with van der Waals surface area (Å²) in [6.07, 6.45) is -1.18. The van der Waals surface area contributed by atoms with Gasteiger partial charge in [-0.15, -0.1) is 0 Å². The molecule has 0 saturated heterocycles. The van der Waals surface area contributed by atoms with Gasteiger partial charge in [0.15, 0.2) is 0 Å². The molecule has 1 amide bonds. The van der Waals surface area contributed by atoms with Crippen LogP contribution in [-0.4, -0.2) is 23.7 Å². The van der Waals surface area contributed by atoms with E-state index in [2.05, 4.69) is 5.32 Å². The number of carbonyl (C=O) groups excluding carboxylic acids is 1. The van der Waals surface area contributed by atoms with Crippen molar-refractivity contribution in [1.29, 1.82) is 0 Å². The highest BCUT2D eigenvalue weighted by Gasteiger charge is 2.09. The molecule has 1 unspecified atom stereocenters. The summed E-state index contributed by atoms with van der Waals surface area (Å²) in [7, 11) is 0. The van der Waals surface area contributed by atoms with Crippen molar-refractivity contribution in [1.82, 2.24) is 0 Å². The molecule has 0 radical (unpaired) electrons. The van der Waals surface area contributed by atoms with Crippen molar-refractivity contribution in [2.45, 2.75) is 6.10 Å². The molecule has 0 aliphatic carbocycles. The van der Waals surface area contributed by atoms with Crippen LogP contribution in [0.2, 0.25) is 0 Å². The van der Waals surface area contributed by atoms with Gasteiger partial charge < -0.3 is 21.9 Å². The van der Waals surface area contributed by atoms with E-state index >= 15 is 0 Å². The standard InChI is InChI=1S/C9H13N3O2/c10-6-2-1-3-7(4-6)12-5-8(13)9(11)14/h1-4,8,12-13H,5,10H2,(H2,11,14). The molecule has 0 spiro atoms. The zero-order valence-electron chi connectivity index (χ0n) is 7.60. The van der Waals surface area contributed by atoms with Crippen molar-refractivity contribution in [3.8, 4) is 0 Å². The fourth-order valence-corrected chi connectivity index (χ4v) is 0.964. The van der Waals surface area contributed by atoms with E-state index in [0.29, 0.717) is 5.69 Å². The number of nitrogens with one attached hydrogen (secondary N) is 1. The summed E-state index contributed by atoms with van der Waals surface area (Å²) < 4.78 is 0. The summed E-state index contributed by atoms with van der Waals surface area (Å²) >= 11 is 0. The van der Waals surface area contributed by atoms with Crippen LogP contribution >= 0.6 is 0 Å². The van der Waals surface area contributed by atoms with Gasteiger partial charge in [-0.2, -0.15) is 0 Å². The average Bonchev–Trinajstić information content (AvgIpc) is 2.14. The Labute approximate surface area is 81.7 Å². The van der Waals surface area contributed by atoms with Crippen LogP contribution in [0.4, 0.5) is 11.4 Å². The molecule has 0 aliphatic heterocycles. The van der Waals surface area contributed by atoms with E-state index in [4.69, 9.17) is 16.6 Å². The van der Waals surface area contributed by atoms with Crippen LogP contribution in [0.15, 0.2) is 24.3 Å². The lowest BCUT2D eigenvalue weighted by Gasteiger charge is -2.09. The van der Waals surface area contributed by atoms with E-state index < -0.39 is 12.0 Å².